The molecule has 1 aromatic carbocycles. The highest BCUT2D eigenvalue weighted by Crippen LogP contribution is 2.22. The van der Waals surface area contributed by atoms with Gasteiger partial charge in [0, 0.05) is 6.42 Å². The lowest BCUT2D eigenvalue weighted by atomic mass is 9.98. The molecule has 0 bridgehead atoms. The number of halogens is 1. The van der Waals surface area contributed by atoms with Gasteiger partial charge in [0.25, 0.3) is 0 Å². The van der Waals surface area contributed by atoms with E-state index < -0.39 is 0 Å². The third-order valence-electron chi connectivity index (χ3n) is 2.94. The van der Waals surface area contributed by atoms with E-state index >= 15 is 0 Å². The average Bonchev–Trinajstić information content (AvgIpc) is 2.29. The number of amides is 1. The maximum Gasteiger partial charge on any atom is 0.407 e. The van der Waals surface area contributed by atoms with E-state index in [1.165, 1.54) is 5.56 Å². The summed E-state index contributed by atoms with van der Waals surface area (Å²) in [5.41, 5.74) is 2.48. The second kappa shape index (κ2) is 5.92. The molecule has 17 heavy (non-hydrogen) atoms. The number of benzene rings is 1. The van der Waals surface area contributed by atoms with Gasteiger partial charge in [-0.05, 0) is 17.0 Å². The molecule has 0 radical (unpaired) electrons. The molecule has 3 nitrogen and oxygen atoms in total. The molecule has 1 saturated heterocycles. The summed E-state index contributed by atoms with van der Waals surface area (Å²) in [6, 6.07) is 8.53. The molecule has 1 aliphatic rings. The number of ether oxygens (including phenoxy) is 1. The Morgan fingerprint density at radius 3 is 2.47 bits per heavy atom. The molecule has 94 valence electrons. The van der Waals surface area contributed by atoms with Crippen molar-refractivity contribution >= 4 is 18.5 Å². The monoisotopic (exact) mass is 255 g/mol. The Hall–Kier alpha value is -1.22. The lowest BCUT2D eigenvalue weighted by molar-refractivity contribution is 0.115. The van der Waals surface area contributed by atoms with Gasteiger partial charge in [-0.2, -0.15) is 0 Å². The number of cyclic esters (lactones) is 1. The highest BCUT2D eigenvalue weighted by Gasteiger charge is 2.20. The van der Waals surface area contributed by atoms with Crippen molar-refractivity contribution in [2.45, 2.75) is 32.2 Å². The van der Waals surface area contributed by atoms with Crippen molar-refractivity contribution in [3.8, 4) is 0 Å². The molecule has 1 aliphatic heterocycles. The van der Waals surface area contributed by atoms with Crippen molar-refractivity contribution in [3.05, 3.63) is 35.4 Å². The average molecular weight is 256 g/mol. The number of rotatable bonds is 2. The van der Waals surface area contributed by atoms with Crippen molar-refractivity contribution < 1.29 is 9.53 Å². The van der Waals surface area contributed by atoms with Gasteiger partial charge in [-0.3, -0.25) is 0 Å². The summed E-state index contributed by atoms with van der Waals surface area (Å²) < 4.78 is 4.84. The maximum absolute atomic E-state index is 11.1. The summed E-state index contributed by atoms with van der Waals surface area (Å²) in [7, 11) is 0. The normalized spacial score (nSPS) is 19.2. The Morgan fingerprint density at radius 2 is 1.94 bits per heavy atom. The Kier molecular flexibility index (Phi) is 4.82. The molecule has 1 atom stereocenters. The van der Waals surface area contributed by atoms with E-state index in [1.54, 1.807) is 0 Å². The van der Waals surface area contributed by atoms with E-state index in [0.29, 0.717) is 12.5 Å². The Labute approximate surface area is 108 Å². The molecule has 1 amide bonds. The Bertz CT molecular complexity index is 376. The molecule has 2 rings (SSSR count). The predicted molar refractivity (Wildman–Crippen MR) is 69.6 cm³/mol. The minimum absolute atomic E-state index is 0. The summed E-state index contributed by atoms with van der Waals surface area (Å²) in [5, 5.41) is 2.82. The number of hydrogen-bond donors (Lipinski definition) is 1. The number of nitrogens with one attached hydrogen (secondary N) is 1. The van der Waals surface area contributed by atoms with Crippen LogP contribution in [0.3, 0.4) is 0 Å². The first kappa shape index (κ1) is 13.8. The lowest BCUT2D eigenvalue weighted by Crippen LogP contribution is -2.35. The van der Waals surface area contributed by atoms with Crippen LogP contribution in [0.5, 0.6) is 0 Å². The molecule has 0 aliphatic carbocycles. The topological polar surface area (TPSA) is 38.3 Å². The van der Waals surface area contributed by atoms with E-state index in [-0.39, 0.29) is 24.5 Å². The third kappa shape index (κ3) is 3.37. The zero-order valence-electron chi connectivity index (χ0n) is 10.1. The van der Waals surface area contributed by atoms with Gasteiger partial charge in [-0.1, -0.05) is 38.1 Å². The molecule has 1 N–H and O–H groups in total. The summed E-state index contributed by atoms with van der Waals surface area (Å²) in [5.74, 6) is 0.540. The van der Waals surface area contributed by atoms with E-state index in [9.17, 15) is 4.79 Å². The second-order valence-electron chi connectivity index (χ2n) is 4.44. The van der Waals surface area contributed by atoms with E-state index in [1.807, 2.05) is 0 Å². The number of hydrogen-bond acceptors (Lipinski definition) is 2. The molecule has 1 aromatic rings. The predicted octanol–water partition coefficient (Wildman–Crippen LogP) is 3.40. The summed E-state index contributed by atoms with van der Waals surface area (Å²) in [4.78, 5) is 11.1. The Balaban J connectivity index is 0.00000144. The highest BCUT2D eigenvalue weighted by molar-refractivity contribution is 5.85. The zero-order valence-corrected chi connectivity index (χ0v) is 10.9. The van der Waals surface area contributed by atoms with Crippen LogP contribution in [0.1, 0.15) is 43.4 Å². The fourth-order valence-electron chi connectivity index (χ4n) is 1.89. The number of carbonyl (C=O) groups excluding carboxylic acids is 1. The van der Waals surface area contributed by atoms with Crippen LogP contribution in [0.15, 0.2) is 24.3 Å². The molecule has 0 saturated carbocycles. The van der Waals surface area contributed by atoms with Crippen molar-refractivity contribution in [1.29, 1.82) is 0 Å². The zero-order chi connectivity index (χ0) is 11.5. The second-order valence-corrected chi connectivity index (χ2v) is 4.44. The number of alkyl carbamates (subject to hydrolysis) is 1. The van der Waals surface area contributed by atoms with Crippen LogP contribution in [0, 0.1) is 0 Å². The van der Waals surface area contributed by atoms with Crippen LogP contribution in [0.25, 0.3) is 0 Å². The smallest absolute Gasteiger partial charge is 0.407 e. The summed E-state index contributed by atoms with van der Waals surface area (Å²) in [6.45, 7) is 4.85. The van der Waals surface area contributed by atoms with Gasteiger partial charge in [0.05, 0.1) is 12.6 Å². The van der Waals surface area contributed by atoms with E-state index in [4.69, 9.17) is 4.74 Å². The molecule has 1 heterocycles. The van der Waals surface area contributed by atoms with Crippen molar-refractivity contribution in [3.63, 3.8) is 0 Å². The van der Waals surface area contributed by atoms with Crippen LogP contribution < -0.4 is 5.32 Å². The minimum atomic E-state index is -0.316. The van der Waals surface area contributed by atoms with Gasteiger partial charge in [-0.15, -0.1) is 12.4 Å². The van der Waals surface area contributed by atoms with Gasteiger partial charge < -0.3 is 10.1 Å². The first-order chi connectivity index (χ1) is 7.66. The summed E-state index contributed by atoms with van der Waals surface area (Å²) >= 11 is 0. The Morgan fingerprint density at radius 1 is 1.29 bits per heavy atom. The van der Waals surface area contributed by atoms with Crippen molar-refractivity contribution in [2.24, 2.45) is 0 Å². The molecule has 4 heteroatoms. The first-order valence-electron chi connectivity index (χ1n) is 5.70. The van der Waals surface area contributed by atoms with Gasteiger partial charge in [-0.25, -0.2) is 4.79 Å². The largest absolute Gasteiger partial charge is 0.449 e. The SMILES string of the molecule is CC(C)c1ccc([C@@H]2CCOC(=O)N2)cc1.Cl. The van der Waals surface area contributed by atoms with Gasteiger partial charge >= 0.3 is 6.09 Å². The van der Waals surface area contributed by atoms with Crippen molar-refractivity contribution in [2.75, 3.05) is 6.61 Å². The molecule has 1 fully saturated rings. The fourth-order valence-corrected chi connectivity index (χ4v) is 1.89. The van der Waals surface area contributed by atoms with Crippen LogP contribution >= 0.6 is 12.4 Å². The van der Waals surface area contributed by atoms with E-state index in [2.05, 4.69) is 43.4 Å². The maximum atomic E-state index is 11.1. The first-order valence-corrected chi connectivity index (χ1v) is 5.70. The molecular weight excluding hydrogens is 238 g/mol. The highest BCUT2D eigenvalue weighted by atomic mass is 35.5. The fraction of sp³-hybridized carbons (Fsp3) is 0.462. The van der Waals surface area contributed by atoms with E-state index in [0.717, 1.165) is 12.0 Å². The quantitative estimate of drug-likeness (QED) is 0.880. The van der Waals surface area contributed by atoms with Gasteiger partial charge in [0.2, 0.25) is 0 Å². The summed E-state index contributed by atoms with van der Waals surface area (Å²) in [6.07, 6.45) is 0.524. The molecule has 0 aromatic heterocycles. The molecular formula is C13H18ClNO2. The van der Waals surface area contributed by atoms with Crippen LogP contribution in [-0.4, -0.2) is 12.7 Å². The van der Waals surface area contributed by atoms with Crippen LogP contribution in [-0.2, 0) is 4.74 Å². The molecule has 0 unspecified atom stereocenters. The minimum Gasteiger partial charge on any atom is -0.449 e. The van der Waals surface area contributed by atoms with Crippen LogP contribution in [0.4, 0.5) is 4.79 Å². The van der Waals surface area contributed by atoms with Crippen molar-refractivity contribution in [1.82, 2.24) is 5.32 Å². The van der Waals surface area contributed by atoms with Gasteiger partial charge in [0.1, 0.15) is 0 Å². The molecule has 0 spiro atoms. The van der Waals surface area contributed by atoms with Gasteiger partial charge in [0.15, 0.2) is 0 Å². The number of carbonyl (C=O) groups is 1. The standard InChI is InChI=1S/C13H17NO2.ClH/c1-9(2)10-3-5-11(6-4-10)12-7-8-16-13(15)14-12;/h3-6,9,12H,7-8H2,1-2H3,(H,14,15);1H/t12-;/m0./s1. The third-order valence-corrected chi connectivity index (χ3v) is 2.94. The van der Waals surface area contributed by atoms with Crippen LogP contribution in [0.2, 0.25) is 0 Å². The lowest BCUT2D eigenvalue weighted by Gasteiger charge is -2.23.